The third-order valence-electron chi connectivity index (χ3n) is 12.2. The predicted molar refractivity (Wildman–Crippen MR) is 225 cm³/mol. The van der Waals surface area contributed by atoms with Crippen molar-refractivity contribution in [2.75, 3.05) is 0 Å². The van der Waals surface area contributed by atoms with Crippen molar-refractivity contribution in [3.63, 3.8) is 0 Å². The van der Waals surface area contributed by atoms with Gasteiger partial charge < -0.3 is 4.57 Å². The second kappa shape index (κ2) is 11.0. The van der Waals surface area contributed by atoms with E-state index in [2.05, 4.69) is 205 Å². The molecule has 2 aliphatic rings. The van der Waals surface area contributed by atoms with Gasteiger partial charge >= 0.3 is 0 Å². The fourth-order valence-corrected chi connectivity index (χ4v) is 9.87. The summed E-state index contributed by atoms with van der Waals surface area (Å²) in [6, 6.07) is 74.6. The molecule has 1 atom stereocenters. The smallest absolute Gasteiger partial charge is 0.0725 e. The van der Waals surface area contributed by atoms with Crippen LogP contribution in [0.5, 0.6) is 0 Å². The summed E-state index contributed by atoms with van der Waals surface area (Å²) in [5.74, 6) is 0. The van der Waals surface area contributed by atoms with Gasteiger partial charge in [-0.15, -0.1) is 0 Å². The fraction of sp³-hybridized carbons (Fsp3) is 0.0189. The topological polar surface area (TPSA) is 4.93 Å². The molecule has 2 aliphatic carbocycles. The quantitative estimate of drug-likeness (QED) is 0.175. The number of rotatable bonds is 3. The van der Waals surface area contributed by atoms with Crippen molar-refractivity contribution in [2.45, 2.75) is 5.41 Å². The lowest BCUT2D eigenvalue weighted by Gasteiger charge is -2.30. The van der Waals surface area contributed by atoms with Gasteiger partial charge in [-0.25, -0.2) is 0 Å². The van der Waals surface area contributed by atoms with E-state index >= 15 is 0 Å². The Labute approximate surface area is 314 Å². The molecule has 250 valence electrons. The van der Waals surface area contributed by atoms with E-state index in [0.717, 1.165) is 0 Å². The Kier molecular flexibility index (Phi) is 6.04. The van der Waals surface area contributed by atoms with Crippen molar-refractivity contribution >= 4 is 32.6 Å². The first-order valence-corrected chi connectivity index (χ1v) is 18.8. The van der Waals surface area contributed by atoms with Gasteiger partial charge in [-0.1, -0.05) is 146 Å². The lowest BCUT2D eigenvalue weighted by Crippen LogP contribution is -2.25. The number of benzene rings is 9. The molecule has 0 N–H and O–H groups in total. The average Bonchev–Trinajstić information content (AvgIpc) is 3.84. The molecular weight excluding hydrogens is 651 g/mol. The van der Waals surface area contributed by atoms with Crippen LogP contribution in [0.3, 0.4) is 0 Å². The van der Waals surface area contributed by atoms with E-state index in [0.29, 0.717) is 0 Å². The normalized spacial score (nSPS) is 15.1. The molecule has 12 rings (SSSR count). The van der Waals surface area contributed by atoms with Gasteiger partial charge in [0.05, 0.1) is 16.4 Å². The molecule has 0 saturated heterocycles. The minimum absolute atomic E-state index is 0.415. The molecule has 0 amide bonds. The van der Waals surface area contributed by atoms with Gasteiger partial charge in [0.2, 0.25) is 0 Å². The molecule has 9 aromatic carbocycles. The summed E-state index contributed by atoms with van der Waals surface area (Å²) in [5, 5.41) is 5.08. The van der Waals surface area contributed by atoms with Crippen LogP contribution in [0.2, 0.25) is 0 Å². The molecule has 0 radical (unpaired) electrons. The first-order valence-electron chi connectivity index (χ1n) is 18.8. The van der Waals surface area contributed by atoms with Crippen molar-refractivity contribution in [1.82, 2.24) is 4.57 Å². The Balaban J connectivity index is 1.11. The molecule has 0 aliphatic heterocycles. The van der Waals surface area contributed by atoms with Crippen LogP contribution in [-0.2, 0) is 5.41 Å². The Bertz CT molecular complexity index is 3150. The Morgan fingerprint density at radius 3 is 1.63 bits per heavy atom. The van der Waals surface area contributed by atoms with Crippen LogP contribution in [0.15, 0.2) is 200 Å². The summed E-state index contributed by atoms with van der Waals surface area (Å²) in [5.41, 5.74) is 18.9. The fourth-order valence-electron chi connectivity index (χ4n) is 9.87. The summed E-state index contributed by atoms with van der Waals surface area (Å²) in [4.78, 5) is 0. The zero-order valence-electron chi connectivity index (χ0n) is 29.5. The summed E-state index contributed by atoms with van der Waals surface area (Å²) in [6.45, 7) is 0. The SMILES string of the molecule is c1ccc(-c2ccc3c(c2)-c2ccccc2[C@@]32c3ccc(-c4ccc5c(c4)c4ccccc4n5-c4ccccc4)cc3-c3cc4ccccc4cc32)cc1. The lowest BCUT2D eigenvalue weighted by atomic mass is 9.70. The van der Waals surface area contributed by atoms with E-state index in [-0.39, 0.29) is 0 Å². The average molecular weight is 684 g/mol. The Morgan fingerprint density at radius 2 is 0.833 bits per heavy atom. The van der Waals surface area contributed by atoms with Crippen molar-refractivity contribution in [1.29, 1.82) is 0 Å². The predicted octanol–water partition coefficient (Wildman–Crippen LogP) is 13.6. The van der Waals surface area contributed by atoms with Crippen molar-refractivity contribution in [2.24, 2.45) is 0 Å². The van der Waals surface area contributed by atoms with Crippen LogP contribution >= 0.6 is 0 Å². The summed E-state index contributed by atoms with van der Waals surface area (Å²) < 4.78 is 2.39. The summed E-state index contributed by atoms with van der Waals surface area (Å²) in [6.07, 6.45) is 0. The first kappa shape index (κ1) is 29.6. The van der Waals surface area contributed by atoms with Gasteiger partial charge in [0.1, 0.15) is 0 Å². The van der Waals surface area contributed by atoms with E-state index in [9.17, 15) is 0 Å². The van der Waals surface area contributed by atoms with E-state index < -0.39 is 5.41 Å². The monoisotopic (exact) mass is 683 g/mol. The largest absolute Gasteiger partial charge is 0.309 e. The maximum atomic E-state index is 2.48. The third kappa shape index (κ3) is 3.93. The van der Waals surface area contributed by atoms with Crippen LogP contribution < -0.4 is 0 Å². The lowest BCUT2D eigenvalue weighted by molar-refractivity contribution is 0.795. The highest BCUT2D eigenvalue weighted by Crippen LogP contribution is 2.64. The Morgan fingerprint density at radius 1 is 0.296 bits per heavy atom. The van der Waals surface area contributed by atoms with Gasteiger partial charge in [-0.2, -0.15) is 0 Å². The standard InChI is InChI=1S/C53H33N/c1-3-13-34(14-4-1)37-23-26-48-43(30-37)41-19-9-11-21-47(41)53(48)49-27-24-38(31-44(49)45-29-35-15-7-8-16-36(35)33-50(45)53)39-25-28-52-46(32-39)42-20-10-12-22-51(42)54(52)40-17-5-2-6-18-40/h1-33H/t53-/m0/s1. The zero-order chi connectivity index (χ0) is 35.4. The summed E-state index contributed by atoms with van der Waals surface area (Å²) in [7, 11) is 0. The number of hydrogen-bond donors (Lipinski definition) is 0. The van der Waals surface area contributed by atoms with Gasteiger partial charge in [0, 0.05) is 16.5 Å². The van der Waals surface area contributed by atoms with Crippen molar-refractivity contribution in [3.8, 4) is 50.2 Å². The highest BCUT2D eigenvalue weighted by molar-refractivity contribution is 6.11. The van der Waals surface area contributed by atoms with Crippen LogP contribution in [0.4, 0.5) is 0 Å². The number of para-hydroxylation sites is 2. The van der Waals surface area contributed by atoms with Gasteiger partial charge in [-0.05, 0) is 132 Å². The zero-order valence-corrected chi connectivity index (χ0v) is 29.5. The highest BCUT2D eigenvalue weighted by atomic mass is 15.0. The molecule has 1 heteroatoms. The molecule has 1 spiro atoms. The minimum Gasteiger partial charge on any atom is -0.309 e. The summed E-state index contributed by atoms with van der Waals surface area (Å²) >= 11 is 0. The third-order valence-corrected chi connectivity index (χ3v) is 12.2. The maximum Gasteiger partial charge on any atom is 0.0725 e. The molecule has 0 bridgehead atoms. The van der Waals surface area contributed by atoms with E-state index in [1.807, 2.05) is 0 Å². The molecule has 0 unspecified atom stereocenters. The molecule has 1 nitrogen and oxygen atoms in total. The first-order chi connectivity index (χ1) is 26.8. The number of nitrogens with zero attached hydrogens (tertiary/aromatic N) is 1. The molecule has 54 heavy (non-hydrogen) atoms. The van der Waals surface area contributed by atoms with Crippen molar-refractivity contribution in [3.05, 3.63) is 222 Å². The minimum atomic E-state index is -0.415. The number of hydrogen-bond acceptors (Lipinski definition) is 0. The van der Waals surface area contributed by atoms with Gasteiger partial charge in [0.25, 0.3) is 0 Å². The van der Waals surface area contributed by atoms with E-state index in [1.54, 1.807) is 0 Å². The molecular formula is C53H33N. The Hall–Kier alpha value is -6.96. The molecule has 1 heterocycles. The van der Waals surface area contributed by atoms with E-state index in [1.165, 1.54) is 105 Å². The number of fused-ring (bicyclic) bond motifs is 14. The number of aromatic nitrogens is 1. The van der Waals surface area contributed by atoms with Crippen LogP contribution in [0.25, 0.3) is 82.8 Å². The molecule has 0 saturated carbocycles. The van der Waals surface area contributed by atoms with Crippen LogP contribution in [0, 0.1) is 0 Å². The van der Waals surface area contributed by atoms with Gasteiger partial charge in [0.15, 0.2) is 0 Å². The highest BCUT2D eigenvalue weighted by Gasteiger charge is 2.51. The van der Waals surface area contributed by atoms with Gasteiger partial charge in [-0.3, -0.25) is 0 Å². The molecule has 10 aromatic rings. The van der Waals surface area contributed by atoms with E-state index in [4.69, 9.17) is 0 Å². The second-order valence-electron chi connectivity index (χ2n) is 14.8. The van der Waals surface area contributed by atoms with Crippen LogP contribution in [-0.4, -0.2) is 4.57 Å². The van der Waals surface area contributed by atoms with Crippen LogP contribution in [0.1, 0.15) is 22.3 Å². The molecule has 0 fully saturated rings. The second-order valence-corrected chi connectivity index (χ2v) is 14.8. The molecule has 1 aromatic heterocycles. The van der Waals surface area contributed by atoms with Crippen molar-refractivity contribution < 1.29 is 0 Å². The maximum absolute atomic E-state index is 2.48.